The van der Waals surface area contributed by atoms with Crippen LogP contribution in [-0.2, 0) is 13.1 Å². The van der Waals surface area contributed by atoms with E-state index in [9.17, 15) is 0 Å². The Morgan fingerprint density at radius 2 is 1.90 bits per heavy atom. The van der Waals surface area contributed by atoms with Crippen LogP contribution in [0.15, 0.2) is 10.5 Å². The van der Waals surface area contributed by atoms with Crippen LogP contribution in [0.25, 0.3) is 0 Å². The van der Waals surface area contributed by atoms with Crippen molar-refractivity contribution in [2.24, 2.45) is 5.92 Å². The van der Waals surface area contributed by atoms with Crippen LogP contribution in [-0.4, -0.2) is 24.5 Å². The van der Waals surface area contributed by atoms with E-state index in [1.54, 1.807) is 0 Å². The molecule has 0 bridgehead atoms. The Balaban J connectivity index is 2.56. The minimum Gasteiger partial charge on any atom is -0.465 e. The summed E-state index contributed by atoms with van der Waals surface area (Å²) in [5, 5.41) is 3.43. The lowest BCUT2D eigenvalue weighted by molar-refractivity contribution is 0.220. The number of hydrogen-bond donors (Lipinski definition) is 1. The molecule has 1 aromatic rings. The van der Waals surface area contributed by atoms with Crippen molar-refractivity contribution < 1.29 is 4.42 Å². The Morgan fingerprint density at radius 1 is 1.25 bits per heavy atom. The predicted octanol–water partition coefficient (Wildman–Crippen LogP) is 3.95. The van der Waals surface area contributed by atoms with Gasteiger partial charge in [-0.15, -0.1) is 0 Å². The van der Waals surface area contributed by atoms with Gasteiger partial charge in [0.05, 0.1) is 6.54 Å². The van der Waals surface area contributed by atoms with Gasteiger partial charge in [-0.2, -0.15) is 0 Å². The van der Waals surface area contributed by atoms with E-state index in [0.717, 1.165) is 31.2 Å². The summed E-state index contributed by atoms with van der Waals surface area (Å²) in [4.78, 5) is 2.43. The van der Waals surface area contributed by atoms with Gasteiger partial charge in [0.1, 0.15) is 11.5 Å². The lowest BCUT2D eigenvalue weighted by Gasteiger charge is -2.25. The fourth-order valence-corrected chi connectivity index (χ4v) is 2.63. The molecular formula is C17H32N2O. The van der Waals surface area contributed by atoms with Gasteiger partial charge in [0.15, 0.2) is 0 Å². The average molecular weight is 280 g/mol. The van der Waals surface area contributed by atoms with Crippen LogP contribution in [0.2, 0.25) is 0 Å². The van der Waals surface area contributed by atoms with Gasteiger partial charge in [0.2, 0.25) is 0 Å². The molecule has 1 heterocycles. The van der Waals surface area contributed by atoms with E-state index in [1.165, 1.54) is 18.4 Å². The van der Waals surface area contributed by atoms with Gasteiger partial charge in [-0.3, -0.25) is 4.90 Å². The first kappa shape index (κ1) is 17.3. The average Bonchev–Trinajstić information content (AvgIpc) is 2.71. The summed E-state index contributed by atoms with van der Waals surface area (Å²) in [6, 6.07) is 2.87. The van der Waals surface area contributed by atoms with Gasteiger partial charge in [0, 0.05) is 18.2 Å². The van der Waals surface area contributed by atoms with Crippen molar-refractivity contribution in [1.29, 1.82) is 0 Å². The fourth-order valence-electron chi connectivity index (χ4n) is 2.63. The molecule has 1 N–H and O–H groups in total. The van der Waals surface area contributed by atoms with Gasteiger partial charge in [-0.25, -0.2) is 0 Å². The quantitative estimate of drug-likeness (QED) is 0.742. The molecular weight excluding hydrogens is 248 g/mol. The zero-order chi connectivity index (χ0) is 15.1. The molecule has 3 heteroatoms. The van der Waals surface area contributed by atoms with Gasteiger partial charge in [0.25, 0.3) is 0 Å². The summed E-state index contributed by atoms with van der Waals surface area (Å²) in [5.74, 6) is 2.78. The van der Waals surface area contributed by atoms with Crippen LogP contribution in [0.3, 0.4) is 0 Å². The molecule has 1 rings (SSSR count). The van der Waals surface area contributed by atoms with Gasteiger partial charge >= 0.3 is 0 Å². The number of aryl methyl sites for hydroxylation is 1. The highest BCUT2D eigenvalue weighted by Gasteiger charge is 2.14. The largest absolute Gasteiger partial charge is 0.465 e. The number of nitrogens with zero attached hydrogens (tertiary/aromatic N) is 1. The summed E-state index contributed by atoms with van der Waals surface area (Å²) >= 11 is 0. The SMILES string of the molecule is CCC(CC)N(C)Cc1cc(CNCC(C)C)oc1C. The molecule has 0 aromatic carbocycles. The maximum atomic E-state index is 5.86. The monoisotopic (exact) mass is 280 g/mol. The number of furan rings is 1. The summed E-state index contributed by atoms with van der Waals surface area (Å²) < 4.78 is 5.86. The molecule has 0 radical (unpaired) electrons. The second kappa shape index (κ2) is 8.48. The van der Waals surface area contributed by atoms with Crippen molar-refractivity contribution in [1.82, 2.24) is 10.2 Å². The Hall–Kier alpha value is -0.800. The lowest BCUT2D eigenvalue weighted by atomic mass is 10.1. The van der Waals surface area contributed by atoms with E-state index < -0.39 is 0 Å². The summed E-state index contributed by atoms with van der Waals surface area (Å²) in [7, 11) is 2.21. The summed E-state index contributed by atoms with van der Waals surface area (Å²) in [5.41, 5.74) is 1.32. The van der Waals surface area contributed by atoms with Gasteiger partial charge < -0.3 is 9.73 Å². The molecule has 0 saturated carbocycles. The van der Waals surface area contributed by atoms with Crippen LogP contribution in [0.1, 0.15) is 57.6 Å². The Morgan fingerprint density at radius 3 is 2.45 bits per heavy atom. The molecule has 0 fully saturated rings. The normalized spacial score (nSPS) is 12.1. The first-order valence-electron chi connectivity index (χ1n) is 7.97. The molecule has 0 spiro atoms. The second-order valence-electron chi connectivity index (χ2n) is 6.20. The highest BCUT2D eigenvalue weighted by Crippen LogP contribution is 2.18. The van der Waals surface area contributed by atoms with Gasteiger partial charge in [-0.05, 0) is 45.3 Å². The maximum absolute atomic E-state index is 5.86. The van der Waals surface area contributed by atoms with Crippen LogP contribution in [0.5, 0.6) is 0 Å². The van der Waals surface area contributed by atoms with E-state index in [1.807, 2.05) is 0 Å². The van der Waals surface area contributed by atoms with E-state index in [4.69, 9.17) is 4.42 Å². The third-order valence-corrected chi connectivity index (χ3v) is 3.91. The summed E-state index contributed by atoms with van der Waals surface area (Å²) in [6.45, 7) is 13.9. The topological polar surface area (TPSA) is 28.4 Å². The van der Waals surface area contributed by atoms with E-state index in [0.29, 0.717) is 12.0 Å². The minimum atomic E-state index is 0.659. The van der Waals surface area contributed by atoms with Crippen LogP contribution in [0.4, 0.5) is 0 Å². The second-order valence-corrected chi connectivity index (χ2v) is 6.20. The molecule has 0 amide bonds. The Labute approximate surface area is 124 Å². The zero-order valence-electron chi connectivity index (χ0n) is 14.1. The Bertz CT molecular complexity index is 380. The van der Waals surface area contributed by atoms with E-state index in [2.05, 4.69) is 57.9 Å². The lowest BCUT2D eigenvalue weighted by Crippen LogP contribution is -2.30. The van der Waals surface area contributed by atoms with Crippen molar-refractivity contribution in [3.63, 3.8) is 0 Å². The Kier molecular flexibility index (Phi) is 7.31. The highest BCUT2D eigenvalue weighted by molar-refractivity contribution is 5.20. The van der Waals surface area contributed by atoms with Crippen molar-refractivity contribution in [2.45, 2.75) is 66.6 Å². The molecule has 0 aliphatic heterocycles. The first-order valence-corrected chi connectivity index (χ1v) is 7.97. The third-order valence-electron chi connectivity index (χ3n) is 3.91. The molecule has 1 aromatic heterocycles. The maximum Gasteiger partial charge on any atom is 0.118 e. The van der Waals surface area contributed by atoms with Gasteiger partial charge in [-0.1, -0.05) is 27.7 Å². The van der Waals surface area contributed by atoms with E-state index >= 15 is 0 Å². The number of rotatable bonds is 9. The van der Waals surface area contributed by atoms with Crippen molar-refractivity contribution >= 4 is 0 Å². The molecule has 0 aliphatic carbocycles. The molecule has 116 valence electrons. The molecule has 0 atom stereocenters. The standard InChI is InChI=1S/C17H32N2O/c1-7-16(8-2)19(6)12-15-9-17(20-14(15)5)11-18-10-13(3)4/h9,13,16,18H,7-8,10-12H2,1-6H3. The summed E-state index contributed by atoms with van der Waals surface area (Å²) in [6.07, 6.45) is 2.40. The number of hydrogen-bond acceptors (Lipinski definition) is 3. The number of nitrogens with one attached hydrogen (secondary N) is 1. The molecule has 0 aliphatic rings. The molecule has 0 unspecified atom stereocenters. The minimum absolute atomic E-state index is 0.659. The van der Waals surface area contributed by atoms with Crippen LogP contribution in [0, 0.1) is 12.8 Å². The predicted molar refractivity (Wildman–Crippen MR) is 85.8 cm³/mol. The highest BCUT2D eigenvalue weighted by atomic mass is 16.3. The van der Waals surface area contributed by atoms with Crippen molar-refractivity contribution in [3.05, 3.63) is 23.2 Å². The molecule has 0 saturated heterocycles. The molecule has 20 heavy (non-hydrogen) atoms. The first-order chi connectivity index (χ1) is 9.47. The molecule has 3 nitrogen and oxygen atoms in total. The van der Waals surface area contributed by atoms with Crippen molar-refractivity contribution in [2.75, 3.05) is 13.6 Å². The zero-order valence-corrected chi connectivity index (χ0v) is 14.1. The third kappa shape index (κ3) is 5.29. The fraction of sp³-hybridized carbons (Fsp3) is 0.765. The smallest absolute Gasteiger partial charge is 0.118 e. The van der Waals surface area contributed by atoms with E-state index in [-0.39, 0.29) is 0 Å². The van der Waals surface area contributed by atoms with Crippen LogP contribution < -0.4 is 5.32 Å². The van der Waals surface area contributed by atoms with Crippen molar-refractivity contribution in [3.8, 4) is 0 Å². The van der Waals surface area contributed by atoms with Crippen LogP contribution >= 0.6 is 0 Å².